The molecule has 0 aromatic carbocycles. The minimum Gasteiger partial charge on any atom is -0.353 e. The molecule has 0 saturated carbocycles. The summed E-state index contributed by atoms with van der Waals surface area (Å²) in [6.07, 6.45) is 3.71. The van der Waals surface area contributed by atoms with Gasteiger partial charge in [-0.3, -0.25) is 0 Å². The number of likely N-dealkylation sites (N-methyl/N-ethyl adjacent to an activating group) is 1. The molecule has 1 aromatic rings. The lowest BCUT2D eigenvalue weighted by Gasteiger charge is -2.36. The molecule has 5 heteroatoms. The molecule has 1 fully saturated rings. The van der Waals surface area contributed by atoms with Crippen molar-refractivity contribution in [1.82, 2.24) is 9.88 Å². The summed E-state index contributed by atoms with van der Waals surface area (Å²) in [5, 5.41) is 0.340. The first-order valence-corrected chi connectivity index (χ1v) is 6.18. The van der Waals surface area contributed by atoms with Crippen LogP contribution in [0.4, 0.5) is 10.2 Å². The van der Waals surface area contributed by atoms with Gasteiger partial charge in [0.15, 0.2) is 11.6 Å². The van der Waals surface area contributed by atoms with Crippen molar-refractivity contribution in [2.24, 2.45) is 0 Å². The third-order valence-corrected chi connectivity index (χ3v) is 3.42. The van der Waals surface area contributed by atoms with Crippen molar-refractivity contribution >= 4 is 17.4 Å². The number of hydrogen-bond acceptors (Lipinski definition) is 3. The highest BCUT2D eigenvalue weighted by Gasteiger charge is 2.24. The van der Waals surface area contributed by atoms with Crippen LogP contribution >= 0.6 is 11.6 Å². The summed E-state index contributed by atoms with van der Waals surface area (Å²) in [5.74, 6) is 0.0813. The van der Waals surface area contributed by atoms with Gasteiger partial charge in [0.1, 0.15) is 0 Å². The Labute approximate surface area is 106 Å². The Morgan fingerprint density at radius 3 is 2.94 bits per heavy atom. The van der Waals surface area contributed by atoms with Crippen LogP contribution in [-0.4, -0.2) is 43.1 Å². The average Bonchev–Trinajstić information content (AvgIpc) is 2.29. The molecule has 0 amide bonds. The van der Waals surface area contributed by atoms with Crippen LogP contribution in [0, 0.1) is 5.82 Å². The van der Waals surface area contributed by atoms with Gasteiger partial charge in [-0.25, -0.2) is 9.37 Å². The number of hydrogen-bond donors (Lipinski definition) is 0. The number of halogens is 2. The van der Waals surface area contributed by atoms with Crippen molar-refractivity contribution < 1.29 is 4.39 Å². The SMILES string of the molecule is CN(C)C1CCCN(c2ncc(Cl)cc2F)C1. The first-order chi connectivity index (χ1) is 8.08. The van der Waals surface area contributed by atoms with E-state index in [4.69, 9.17) is 11.6 Å². The number of aromatic nitrogens is 1. The minimum atomic E-state index is -0.336. The van der Waals surface area contributed by atoms with Gasteiger partial charge in [0, 0.05) is 25.3 Å². The van der Waals surface area contributed by atoms with Crippen LogP contribution in [0.2, 0.25) is 5.02 Å². The largest absolute Gasteiger partial charge is 0.353 e. The Bertz CT molecular complexity index is 397. The number of nitrogens with zero attached hydrogens (tertiary/aromatic N) is 3. The van der Waals surface area contributed by atoms with Gasteiger partial charge in [-0.2, -0.15) is 0 Å². The van der Waals surface area contributed by atoms with Crippen LogP contribution in [0.5, 0.6) is 0 Å². The van der Waals surface area contributed by atoms with Crippen LogP contribution in [-0.2, 0) is 0 Å². The quantitative estimate of drug-likeness (QED) is 0.811. The Morgan fingerprint density at radius 1 is 1.53 bits per heavy atom. The molecule has 0 radical (unpaired) electrons. The lowest BCUT2D eigenvalue weighted by molar-refractivity contribution is 0.257. The zero-order valence-corrected chi connectivity index (χ0v) is 10.9. The van der Waals surface area contributed by atoms with E-state index in [9.17, 15) is 4.39 Å². The van der Waals surface area contributed by atoms with Crippen LogP contribution < -0.4 is 4.90 Å². The van der Waals surface area contributed by atoms with E-state index in [1.165, 1.54) is 12.3 Å². The second-order valence-electron chi connectivity index (χ2n) is 4.66. The summed E-state index contributed by atoms with van der Waals surface area (Å²) in [5.41, 5.74) is 0. The molecule has 1 unspecified atom stereocenters. The molecule has 17 heavy (non-hydrogen) atoms. The highest BCUT2D eigenvalue weighted by atomic mass is 35.5. The molecule has 0 aliphatic carbocycles. The van der Waals surface area contributed by atoms with Crippen LogP contribution in [0.15, 0.2) is 12.3 Å². The van der Waals surface area contributed by atoms with Gasteiger partial charge in [0.05, 0.1) is 5.02 Å². The molecular weight excluding hydrogens is 241 g/mol. The van der Waals surface area contributed by atoms with E-state index in [0.29, 0.717) is 16.9 Å². The summed E-state index contributed by atoms with van der Waals surface area (Å²) in [6, 6.07) is 1.78. The molecule has 1 saturated heterocycles. The molecule has 0 bridgehead atoms. The summed E-state index contributed by atoms with van der Waals surface area (Å²) in [6.45, 7) is 1.68. The smallest absolute Gasteiger partial charge is 0.167 e. The number of anilines is 1. The van der Waals surface area contributed by atoms with Crippen LogP contribution in [0.25, 0.3) is 0 Å². The molecule has 94 valence electrons. The molecule has 1 aromatic heterocycles. The van der Waals surface area contributed by atoms with Crippen molar-refractivity contribution in [2.45, 2.75) is 18.9 Å². The third-order valence-electron chi connectivity index (χ3n) is 3.21. The fourth-order valence-electron chi connectivity index (χ4n) is 2.21. The van der Waals surface area contributed by atoms with Gasteiger partial charge in [-0.1, -0.05) is 11.6 Å². The summed E-state index contributed by atoms with van der Waals surface area (Å²) in [4.78, 5) is 8.28. The molecule has 2 rings (SSSR count). The predicted octanol–water partition coefficient (Wildman–Crippen LogP) is 2.40. The Hall–Kier alpha value is -0.870. The molecule has 0 N–H and O–H groups in total. The summed E-state index contributed by atoms with van der Waals surface area (Å²) >= 11 is 5.71. The second-order valence-corrected chi connectivity index (χ2v) is 5.10. The fourth-order valence-corrected chi connectivity index (χ4v) is 2.35. The van der Waals surface area contributed by atoms with E-state index in [-0.39, 0.29) is 5.82 Å². The average molecular weight is 258 g/mol. The van der Waals surface area contributed by atoms with Gasteiger partial charge >= 0.3 is 0 Å². The van der Waals surface area contributed by atoms with E-state index >= 15 is 0 Å². The molecule has 0 spiro atoms. The zero-order chi connectivity index (χ0) is 12.4. The molecule has 1 aliphatic heterocycles. The predicted molar refractivity (Wildman–Crippen MR) is 68.1 cm³/mol. The summed E-state index contributed by atoms with van der Waals surface area (Å²) < 4.78 is 13.8. The van der Waals surface area contributed by atoms with Gasteiger partial charge in [-0.15, -0.1) is 0 Å². The Morgan fingerprint density at radius 2 is 2.29 bits per heavy atom. The standard InChI is InChI=1S/C12H17ClFN3/c1-16(2)10-4-3-5-17(8-10)12-11(14)6-9(13)7-15-12/h6-7,10H,3-5,8H2,1-2H3. The van der Waals surface area contributed by atoms with E-state index in [1.807, 2.05) is 4.90 Å². The van der Waals surface area contributed by atoms with Crippen molar-refractivity contribution in [3.63, 3.8) is 0 Å². The fraction of sp³-hybridized carbons (Fsp3) is 0.583. The van der Waals surface area contributed by atoms with Crippen LogP contribution in [0.1, 0.15) is 12.8 Å². The van der Waals surface area contributed by atoms with E-state index in [2.05, 4.69) is 24.0 Å². The Kier molecular flexibility index (Phi) is 3.84. The zero-order valence-electron chi connectivity index (χ0n) is 10.2. The molecule has 1 atom stereocenters. The van der Waals surface area contributed by atoms with Crippen molar-refractivity contribution in [3.05, 3.63) is 23.1 Å². The van der Waals surface area contributed by atoms with E-state index in [1.54, 1.807) is 0 Å². The van der Waals surface area contributed by atoms with Gasteiger partial charge in [-0.05, 0) is 33.0 Å². The highest BCUT2D eigenvalue weighted by molar-refractivity contribution is 6.30. The van der Waals surface area contributed by atoms with Crippen molar-refractivity contribution in [1.29, 1.82) is 0 Å². The lowest BCUT2D eigenvalue weighted by Crippen LogP contribution is -2.45. The van der Waals surface area contributed by atoms with Crippen LogP contribution in [0.3, 0.4) is 0 Å². The minimum absolute atomic E-state index is 0.336. The summed E-state index contributed by atoms with van der Waals surface area (Å²) in [7, 11) is 4.11. The van der Waals surface area contributed by atoms with E-state index in [0.717, 1.165) is 25.9 Å². The topological polar surface area (TPSA) is 19.4 Å². The number of piperidine rings is 1. The number of rotatable bonds is 2. The first kappa shape index (κ1) is 12.6. The number of pyridine rings is 1. The van der Waals surface area contributed by atoms with Crippen molar-refractivity contribution in [3.8, 4) is 0 Å². The van der Waals surface area contributed by atoms with Crippen molar-refractivity contribution in [2.75, 3.05) is 32.1 Å². The highest BCUT2D eigenvalue weighted by Crippen LogP contribution is 2.24. The third kappa shape index (κ3) is 2.87. The lowest BCUT2D eigenvalue weighted by atomic mass is 10.0. The first-order valence-electron chi connectivity index (χ1n) is 5.80. The van der Waals surface area contributed by atoms with Gasteiger partial charge in [0.2, 0.25) is 0 Å². The second kappa shape index (κ2) is 5.19. The van der Waals surface area contributed by atoms with Gasteiger partial charge < -0.3 is 9.80 Å². The Balaban J connectivity index is 2.16. The van der Waals surface area contributed by atoms with Gasteiger partial charge in [0.25, 0.3) is 0 Å². The maximum Gasteiger partial charge on any atom is 0.167 e. The molecule has 1 aliphatic rings. The monoisotopic (exact) mass is 257 g/mol. The maximum absolute atomic E-state index is 13.8. The molecule has 2 heterocycles. The molecular formula is C12H17ClFN3. The van der Waals surface area contributed by atoms with E-state index < -0.39 is 0 Å². The normalized spacial score (nSPS) is 21.0. The molecule has 3 nitrogen and oxygen atoms in total. The maximum atomic E-state index is 13.8.